The Labute approximate surface area is 194 Å². The average Bonchev–Trinajstić information content (AvgIpc) is 2.70. The molecule has 0 aromatic heterocycles. The van der Waals surface area contributed by atoms with E-state index in [0.29, 0.717) is 5.69 Å². The molecule has 2 aromatic rings. The molecule has 0 aliphatic rings. The molecule has 2 rings (SSSR count). The molecule has 0 aliphatic carbocycles. The largest absolute Gasteiger partial charge is 0.417 e. The molecule has 0 radical (unpaired) electrons. The van der Waals surface area contributed by atoms with E-state index in [0.717, 1.165) is 17.7 Å². The van der Waals surface area contributed by atoms with Crippen molar-refractivity contribution in [1.29, 1.82) is 0 Å². The molecule has 0 spiro atoms. The zero-order chi connectivity index (χ0) is 24.8. The average molecular weight is 485 g/mol. The third-order valence-corrected chi connectivity index (χ3v) is 4.85. The van der Waals surface area contributed by atoms with E-state index in [1.165, 1.54) is 30.0 Å². The summed E-state index contributed by atoms with van der Waals surface area (Å²) in [4.78, 5) is 39.2. The summed E-state index contributed by atoms with van der Waals surface area (Å²) in [7, 11) is 2.96. The molecule has 11 heteroatoms. The lowest BCUT2D eigenvalue weighted by molar-refractivity contribution is -0.137. The molecule has 0 heterocycles. The second-order valence-corrected chi connectivity index (χ2v) is 7.98. The van der Waals surface area contributed by atoms with Gasteiger partial charge in [0.15, 0.2) is 0 Å². The number of hydrogen-bond donors (Lipinski definition) is 2. The van der Waals surface area contributed by atoms with Gasteiger partial charge < -0.3 is 15.5 Å². The second-order valence-electron chi connectivity index (χ2n) is 7.58. The molecule has 0 aliphatic heterocycles. The van der Waals surface area contributed by atoms with Gasteiger partial charge >= 0.3 is 6.18 Å². The van der Waals surface area contributed by atoms with Crippen LogP contribution in [0, 0.1) is 6.92 Å². The highest BCUT2D eigenvalue weighted by atomic mass is 35.5. The minimum atomic E-state index is -4.66. The Morgan fingerprint density at radius 1 is 0.879 bits per heavy atom. The molecule has 2 aromatic carbocycles. The van der Waals surface area contributed by atoms with Crippen LogP contribution in [0.2, 0.25) is 5.02 Å². The van der Waals surface area contributed by atoms with Crippen LogP contribution in [-0.2, 0) is 20.6 Å². The standard InChI is InChI=1S/C22H24ClF3N4O3/c1-14-4-6-15(7-5-14)27-20(32)12-30(3)21(33)13-29(2)11-19(31)28-16-8-9-18(23)17(10-16)22(24,25)26/h4-10H,11-13H2,1-3H3,(H,27,32)(H,28,31). The number of likely N-dealkylation sites (N-methyl/N-ethyl adjacent to an activating group) is 2. The summed E-state index contributed by atoms with van der Waals surface area (Å²) in [5, 5.41) is 4.56. The highest BCUT2D eigenvalue weighted by Gasteiger charge is 2.33. The predicted molar refractivity (Wildman–Crippen MR) is 120 cm³/mol. The fraction of sp³-hybridized carbons (Fsp3) is 0.318. The van der Waals surface area contributed by atoms with E-state index in [2.05, 4.69) is 10.6 Å². The highest BCUT2D eigenvalue weighted by Crippen LogP contribution is 2.36. The van der Waals surface area contributed by atoms with Crippen molar-refractivity contribution < 1.29 is 27.6 Å². The smallest absolute Gasteiger partial charge is 0.335 e. The van der Waals surface area contributed by atoms with Gasteiger partial charge in [0.25, 0.3) is 0 Å². The minimum Gasteiger partial charge on any atom is -0.335 e. The van der Waals surface area contributed by atoms with Crippen molar-refractivity contribution in [2.45, 2.75) is 13.1 Å². The summed E-state index contributed by atoms with van der Waals surface area (Å²) < 4.78 is 38.8. The summed E-state index contributed by atoms with van der Waals surface area (Å²) in [5.41, 5.74) is 0.526. The molecule has 7 nitrogen and oxygen atoms in total. The van der Waals surface area contributed by atoms with Crippen LogP contribution in [0.1, 0.15) is 11.1 Å². The topological polar surface area (TPSA) is 81.8 Å². The van der Waals surface area contributed by atoms with Crippen molar-refractivity contribution in [1.82, 2.24) is 9.80 Å². The normalized spacial score (nSPS) is 11.3. The van der Waals surface area contributed by atoms with Crippen LogP contribution in [-0.4, -0.2) is 61.3 Å². The van der Waals surface area contributed by atoms with Crippen LogP contribution < -0.4 is 10.6 Å². The minimum absolute atomic E-state index is 0.0682. The lowest BCUT2D eigenvalue weighted by atomic mass is 10.2. The number of nitrogens with zero attached hydrogens (tertiary/aromatic N) is 2. The molecule has 33 heavy (non-hydrogen) atoms. The van der Waals surface area contributed by atoms with Gasteiger partial charge in [-0.15, -0.1) is 0 Å². The Hall–Kier alpha value is -3.11. The number of nitrogens with one attached hydrogen (secondary N) is 2. The number of carbonyl (C=O) groups is 3. The number of amides is 3. The van der Waals surface area contributed by atoms with Crippen LogP contribution in [0.5, 0.6) is 0 Å². The third kappa shape index (κ3) is 8.39. The van der Waals surface area contributed by atoms with Crippen molar-refractivity contribution in [2.75, 3.05) is 44.4 Å². The van der Waals surface area contributed by atoms with Gasteiger partial charge in [-0.2, -0.15) is 13.2 Å². The molecule has 0 saturated heterocycles. The number of benzene rings is 2. The van der Waals surface area contributed by atoms with Crippen LogP contribution in [0.3, 0.4) is 0 Å². The summed E-state index contributed by atoms with van der Waals surface area (Å²) in [6, 6.07) is 10.2. The van der Waals surface area contributed by atoms with E-state index >= 15 is 0 Å². The maximum atomic E-state index is 12.9. The van der Waals surface area contributed by atoms with Gasteiger partial charge in [-0.1, -0.05) is 29.3 Å². The lowest BCUT2D eigenvalue weighted by Gasteiger charge is -2.21. The molecule has 0 atom stereocenters. The van der Waals surface area contributed by atoms with E-state index in [9.17, 15) is 27.6 Å². The van der Waals surface area contributed by atoms with Crippen LogP contribution in [0.15, 0.2) is 42.5 Å². The van der Waals surface area contributed by atoms with Gasteiger partial charge in [-0.3, -0.25) is 19.3 Å². The lowest BCUT2D eigenvalue weighted by Crippen LogP contribution is -2.42. The quantitative estimate of drug-likeness (QED) is 0.599. The maximum absolute atomic E-state index is 12.9. The fourth-order valence-electron chi connectivity index (χ4n) is 2.81. The van der Waals surface area contributed by atoms with E-state index < -0.39 is 28.6 Å². The first-order valence-corrected chi connectivity index (χ1v) is 10.2. The summed E-state index contributed by atoms with van der Waals surface area (Å²) >= 11 is 5.56. The van der Waals surface area contributed by atoms with Gasteiger partial charge in [0.1, 0.15) is 0 Å². The Bertz CT molecular complexity index is 1010. The molecule has 3 amide bonds. The highest BCUT2D eigenvalue weighted by molar-refractivity contribution is 6.31. The zero-order valence-corrected chi connectivity index (χ0v) is 19.0. The van der Waals surface area contributed by atoms with Crippen molar-refractivity contribution in [2.24, 2.45) is 0 Å². The summed E-state index contributed by atoms with van der Waals surface area (Å²) in [6.45, 7) is 1.32. The maximum Gasteiger partial charge on any atom is 0.417 e. The number of anilines is 2. The van der Waals surface area contributed by atoms with Crippen LogP contribution in [0.25, 0.3) is 0 Å². The van der Waals surface area contributed by atoms with E-state index in [1.807, 2.05) is 19.1 Å². The van der Waals surface area contributed by atoms with Crippen molar-refractivity contribution >= 4 is 40.7 Å². The number of hydrogen-bond acceptors (Lipinski definition) is 4. The predicted octanol–water partition coefficient (Wildman–Crippen LogP) is 3.63. The van der Waals surface area contributed by atoms with E-state index in [1.54, 1.807) is 12.1 Å². The van der Waals surface area contributed by atoms with Crippen LogP contribution >= 0.6 is 11.6 Å². The Balaban J connectivity index is 1.83. The van der Waals surface area contributed by atoms with Crippen molar-refractivity contribution in [3.05, 3.63) is 58.6 Å². The van der Waals surface area contributed by atoms with Gasteiger partial charge in [-0.05, 0) is 44.3 Å². The number of rotatable bonds is 8. The Morgan fingerprint density at radius 2 is 1.42 bits per heavy atom. The van der Waals surface area contributed by atoms with Crippen molar-refractivity contribution in [3.63, 3.8) is 0 Å². The number of alkyl halides is 3. The molecular weight excluding hydrogens is 461 g/mol. The number of aryl methyl sites for hydroxylation is 1. The number of carbonyl (C=O) groups excluding carboxylic acids is 3. The van der Waals surface area contributed by atoms with Crippen molar-refractivity contribution in [3.8, 4) is 0 Å². The Morgan fingerprint density at radius 3 is 2.03 bits per heavy atom. The molecule has 0 unspecified atom stereocenters. The molecule has 0 fully saturated rings. The monoisotopic (exact) mass is 484 g/mol. The van der Waals surface area contributed by atoms with Crippen LogP contribution in [0.4, 0.5) is 24.5 Å². The molecular formula is C22H24ClF3N4O3. The molecule has 0 bridgehead atoms. The number of halogens is 4. The van der Waals surface area contributed by atoms with Gasteiger partial charge in [0.05, 0.1) is 30.2 Å². The van der Waals surface area contributed by atoms with E-state index in [-0.39, 0.29) is 31.2 Å². The van der Waals surface area contributed by atoms with E-state index in [4.69, 9.17) is 11.6 Å². The zero-order valence-electron chi connectivity index (χ0n) is 18.3. The first-order valence-electron chi connectivity index (χ1n) is 9.81. The Kier molecular flexibility index (Phi) is 8.84. The van der Waals surface area contributed by atoms with Gasteiger partial charge in [0, 0.05) is 18.4 Å². The SMILES string of the molecule is Cc1ccc(NC(=O)CN(C)C(=O)CN(C)CC(=O)Nc2ccc(Cl)c(C(F)(F)F)c2)cc1. The first kappa shape index (κ1) is 26.1. The molecule has 2 N–H and O–H groups in total. The first-order chi connectivity index (χ1) is 15.3. The summed E-state index contributed by atoms with van der Waals surface area (Å²) in [6.07, 6.45) is -4.66. The second kappa shape index (κ2) is 11.2. The summed E-state index contributed by atoms with van der Waals surface area (Å²) in [5.74, 6) is -1.39. The third-order valence-electron chi connectivity index (χ3n) is 4.52. The molecule has 0 saturated carbocycles. The fourth-order valence-corrected chi connectivity index (χ4v) is 3.04. The molecule has 178 valence electrons. The van der Waals surface area contributed by atoms with Gasteiger partial charge in [0.2, 0.25) is 17.7 Å². The van der Waals surface area contributed by atoms with Gasteiger partial charge in [-0.25, -0.2) is 0 Å².